The normalized spacial score (nSPS) is 55.0. The third kappa shape index (κ3) is 2.14. The van der Waals surface area contributed by atoms with Gasteiger partial charge in [-0.25, -0.2) is 0 Å². The van der Waals surface area contributed by atoms with Crippen LogP contribution in [0.25, 0.3) is 0 Å². The smallest absolute Gasteiger partial charge is 0.161 e. The second kappa shape index (κ2) is 5.40. The lowest BCUT2D eigenvalue weighted by atomic mass is 9.45. The summed E-state index contributed by atoms with van der Waals surface area (Å²) in [4.78, 5) is 12.2. The Morgan fingerprint density at radius 3 is 2.44 bits per heavy atom. The van der Waals surface area contributed by atoms with Crippen molar-refractivity contribution in [2.75, 3.05) is 0 Å². The lowest BCUT2D eigenvalue weighted by Gasteiger charge is -2.60. The van der Waals surface area contributed by atoms with Crippen LogP contribution in [-0.2, 0) is 4.79 Å². The maximum Gasteiger partial charge on any atom is 0.161 e. The van der Waals surface area contributed by atoms with Gasteiger partial charge in [0.25, 0.3) is 0 Å². The minimum atomic E-state index is -1.20. The summed E-state index contributed by atoms with van der Waals surface area (Å²) < 4.78 is 0. The first-order valence-electron chi connectivity index (χ1n) is 9.95. The topological polar surface area (TPSA) is 77.8 Å². The number of hydrogen-bond acceptors (Lipinski definition) is 4. The number of aliphatic hydroxyl groups excluding tert-OH is 2. The number of ketones is 1. The van der Waals surface area contributed by atoms with E-state index in [1.54, 1.807) is 0 Å². The van der Waals surface area contributed by atoms with Gasteiger partial charge in [-0.05, 0) is 80.6 Å². The highest BCUT2D eigenvalue weighted by atomic mass is 16.3. The molecule has 4 aliphatic carbocycles. The summed E-state index contributed by atoms with van der Waals surface area (Å²) in [5, 5.41) is 32.1. The molecule has 3 N–H and O–H groups in total. The molecule has 0 aromatic heterocycles. The Kier molecular flexibility index (Phi) is 3.82. The average molecular weight is 348 g/mol. The van der Waals surface area contributed by atoms with Crippen molar-refractivity contribution in [1.82, 2.24) is 0 Å². The fourth-order valence-electron chi connectivity index (χ4n) is 7.35. The molecule has 3 fully saturated rings. The summed E-state index contributed by atoms with van der Waals surface area (Å²) in [6, 6.07) is 0. The molecule has 0 heterocycles. The van der Waals surface area contributed by atoms with Crippen LogP contribution in [0.2, 0.25) is 0 Å². The maximum atomic E-state index is 12.2. The monoisotopic (exact) mass is 348 g/mol. The van der Waals surface area contributed by atoms with Crippen molar-refractivity contribution in [2.45, 2.75) is 83.5 Å². The van der Waals surface area contributed by atoms with Gasteiger partial charge in [0.1, 0.15) is 5.60 Å². The van der Waals surface area contributed by atoms with Crippen LogP contribution >= 0.6 is 0 Å². The highest BCUT2D eigenvalue weighted by Gasteiger charge is 2.66. The molecule has 140 valence electrons. The van der Waals surface area contributed by atoms with E-state index in [0.717, 1.165) is 37.7 Å². The summed E-state index contributed by atoms with van der Waals surface area (Å²) in [5.41, 5.74) is -0.588. The zero-order chi connectivity index (χ0) is 18.2. The van der Waals surface area contributed by atoms with Crippen LogP contribution in [0.15, 0.2) is 11.6 Å². The van der Waals surface area contributed by atoms with Crippen molar-refractivity contribution < 1.29 is 20.1 Å². The van der Waals surface area contributed by atoms with E-state index in [9.17, 15) is 20.1 Å². The Morgan fingerprint density at radius 2 is 1.76 bits per heavy atom. The average Bonchev–Trinajstić information content (AvgIpc) is 2.83. The molecule has 4 nitrogen and oxygen atoms in total. The minimum Gasteiger partial charge on any atom is -0.389 e. The van der Waals surface area contributed by atoms with Crippen molar-refractivity contribution >= 4 is 5.78 Å². The Labute approximate surface area is 150 Å². The van der Waals surface area contributed by atoms with Crippen LogP contribution in [0.5, 0.6) is 0 Å². The van der Waals surface area contributed by atoms with Gasteiger partial charge in [-0.1, -0.05) is 19.9 Å². The van der Waals surface area contributed by atoms with Crippen LogP contribution < -0.4 is 0 Å². The van der Waals surface area contributed by atoms with Crippen LogP contribution in [0, 0.1) is 28.6 Å². The van der Waals surface area contributed by atoms with E-state index in [1.165, 1.54) is 6.92 Å². The molecule has 0 aromatic carbocycles. The molecule has 0 spiro atoms. The van der Waals surface area contributed by atoms with E-state index < -0.39 is 17.8 Å². The molecule has 3 saturated carbocycles. The molecule has 0 saturated heterocycles. The van der Waals surface area contributed by atoms with Gasteiger partial charge in [-0.2, -0.15) is 0 Å². The van der Waals surface area contributed by atoms with Gasteiger partial charge in [0, 0.05) is 5.41 Å². The molecule has 4 aliphatic rings. The predicted molar refractivity (Wildman–Crippen MR) is 94.7 cm³/mol. The Morgan fingerprint density at radius 1 is 1.08 bits per heavy atom. The summed E-state index contributed by atoms with van der Waals surface area (Å²) in [6.45, 7) is 5.90. The van der Waals surface area contributed by atoms with Gasteiger partial charge in [0.2, 0.25) is 0 Å². The van der Waals surface area contributed by atoms with Crippen molar-refractivity contribution in [3.8, 4) is 0 Å². The SMILES string of the molecule is CC(=O)[C@@]1(O)CC[C@H]2[C@@H]3C[C@H](O)C4=C[C@H](O)CC[C@]4(C)[C@H]3CC[C@@]21C. The maximum absolute atomic E-state index is 12.2. The van der Waals surface area contributed by atoms with Crippen LogP contribution in [0.3, 0.4) is 0 Å². The predicted octanol–water partition coefficient (Wildman–Crippen LogP) is 2.60. The summed E-state index contributed by atoms with van der Waals surface area (Å²) in [5.74, 6) is 1.02. The van der Waals surface area contributed by atoms with Crippen molar-refractivity contribution in [3.63, 3.8) is 0 Å². The fraction of sp³-hybridized carbons (Fsp3) is 0.857. The standard InChI is InChI=1S/C21H32O4/c1-12(22)21(25)9-6-16-14-11-18(24)17-10-13(23)4-7-19(17,2)15(14)5-8-20(16,21)3/h10,13-16,18,23-25H,4-9,11H2,1-3H3/t13-,14-,15+,16+,18+,19-,20+,21+/m1/s1. The van der Waals surface area contributed by atoms with Crippen LogP contribution in [0.4, 0.5) is 0 Å². The molecular formula is C21H32O4. The number of Topliss-reactive ketones (excluding diaryl/α,β-unsaturated/α-hetero) is 1. The second-order valence-electron chi connectivity index (χ2n) is 9.69. The van der Waals surface area contributed by atoms with E-state index in [0.29, 0.717) is 30.6 Å². The summed E-state index contributed by atoms with van der Waals surface area (Å²) in [7, 11) is 0. The zero-order valence-corrected chi connectivity index (χ0v) is 15.7. The molecular weight excluding hydrogens is 316 g/mol. The largest absolute Gasteiger partial charge is 0.389 e. The number of carbonyl (C=O) groups is 1. The van der Waals surface area contributed by atoms with Gasteiger partial charge in [0.05, 0.1) is 12.2 Å². The minimum absolute atomic E-state index is 0.0557. The lowest BCUT2D eigenvalue weighted by molar-refractivity contribution is -0.162. The molecule has 0 bridgehead atoms. The Hall–Kier alpha value is -0.710. The van der Waals surface area contributed by atoms with Gasteiger partial charge in [-0.15, -0.1) is 0 Å². The quantitative estimate of drug-likeness (QED) is 0.637. The molecule has 4 heteroatoms. The van der Waals surface area contributed by atoms with E-state index >= 15 is 0 Å². The molecule has 0 amide bonds. The molecule has 0 aliphatic heterocycles. The highest BCUT2D eigenvalue weighted by molar-refractivity contribution is 5.86. The Bertz CT molecular complexity index is 627. The van der Waals surface area contributed by atoms with Gasteiger partial charge in [-0.3, -0.25) is 4.79 Å². The first kappa shape index (κ1) is 17.7. The second-order valence-corrected chi connectivity index (χ2v) is 9.69. The van der Waals surface area contributed by atoms with Crippen molar-refractivity contribution in [1.29, 1.82) is 0 Å². The fourth-order valence-corrected chi connectivity index (χ4v) is 7.35. The molecule has 0 unspecified atom stereocenters. The number of hydrogen-bond donors (Lipinski definition) is 3. The summed E-state index contributed by atoms with van der Waals surface area (Å²) in [6.07, 6.45) is 6.63. The number of carbonyl (C=O) groups excluding carboxylic acids is 1. The Balaban J connectivity index is 1.72. The highest BCUT2D eigenvalue weighted by Crippen LogP contribution is 2.67. The van der Waals surface area contributed by atoms with E-state index in [4.69, 9.17) is 0 Å². The third-order valence-electron chi connectivity index (χ3n) is 8.83. The summed E-state index contributed by atoms with van der Waals surface area (Å²) >= 11 is 0. The molecule has 25 heavy (non-hydrogen) atoms. The van der Waals surface area contributed by atoms with Crippen molar-refractivity contribution in [3.05, 3.63) is 11.6 Å². The molecule has 0 radical (unpaired) electrons. The van der Waals surface area contributed by atoms with Gasteiger partial charge >= 0.3 is 0 Å². The lowest BCUT2D eigenvalue weighted by Crippen LogP contribution is -2.58. The van der Waals surface area contributed by atoms with Crippen molar-refractivity contribution in [2.24, 2.45) is 28.6 Å². The number of fused-ring (bicyclic) bond motifs is 5. The first-order valence-corrected chi connectivity index (χ1v) is 9.95. The molecule has 4 rings (SSSR count). The van der Waals surface area contributed by atoms with Crippen LogP contribution in [-0.4, -0.2) is 38.9 Å². The van der Waals surface area contributed by atoms with Gasteiger partial charge in [0.15, 0.2) is 5.78 Å². The number of aliphatic hydroxyl groups is 3. The van der Waals surface area contributed by atoms with E-state index in [2.05, 4.69) is 13.8 Å². The van der Waals surface area contributed by atoms with Gasteiger partial charge < -0.3 is 15.3 Å². The zero-order valence-electron chi connectivity index (χ0n) is 15.7. The number of rotatable bonds is 1. The van der Waals surface area contributed by atoms with E-state index in [-0.39, 0.29) is 16.6 Å². The third-order valence-corrected chi connectivity index (χ3v) is 8.83. The first-order chi connectivity index (χ1) is 11.6. The van der Waals surface area contributed by atoms with E-state index in [1.807, 2.05) is 6.08 Å². The van der Waals surface area contributed by atoms with Crippen LogP contribution in [0.1, 0.15) is 65.7 Å². The molecule has 0 aromatic rings. The molecule has 8 atom stereocenters.